The van der Waals surface area contributed by atoms with Gasteiger partial charge in [-0.2, -0.15) is 0 Å². The Morgan fingerprint density at radius 3 is 1.70 bits per heavy atom. The molecule has 0 aliphatic carbocycles. The average Bonchev–Trinajstić information content (AvgIpc) is 2.55. The van der Waals surface area contributed by atoms with Crippen molar-refractivity contribution < 1.29 is 4.79 Å². The summed E-state index contributed by atoms with van der Waals surface area (Å²) in [6.45, 7) is 5.80. The van der Waals surface area contributed by atoms with Crippen molar-refractivity contribution in [2.75, 3.05) is 37.5 Å². The van der Waals surface area contributed by atoms with Crippen LogP contribution in [0.25, 0.3) is 11.1 Å². The topological polar surface area (TPSA) is 23.6 Å². The number of hydrogen-bond donors (Lipinski definition) is 0. The Balaban J connectivity index is 2.12. The number of benzene rings is 2. The average molecular weight is 308 g/mol. The van der Waals surface area contributed by atoms with Gasteiger partial charge in [0.05, 0.1) is 6.54 Å². The lowest BCUT2D eigenvalue weighted by Gasteiger charge is -2.19. The van der Waals surface area contributed by atoms with Crippen LogP contribution in [-0.4, -0.2) is 33.5 Å². The van der Waals surface area contributed by atoms with Crippen LogP contribution in [0, 0.1) is 0 Å². The standard InChI is InChI=1S/C20H24N2O/c1-15(2)20(23)14-22(5)19-12-8-17(9-13-19)16-6-10-18(11-7-16)21(3)4/h6-13H,1,14H2,2-5H3. The highest BCUT2D eigenvalue weighted by Crippen LogP contribution is 2.25. The van der Waals surface area contributed by atoms with Gasteiger partial charge in [0.25, 0.3) is 0 Å². The fourth-order valence-corrected chi connectivity index (χ4v) is 2.30. The molecule has 0 atom stereocenters. The third-order valence-electron chi connectivity index (χ3n) is 3.88. The van der Waals surface area contributed by atoms with Crippen LogP contribution < -0.4 is 9.80 Å². The molecule has 23 heavy (non-hydrogen) atoms. The van der Waals surface area contributed by atoms with Gasteiger partial charge in [0.15, 0.2) is 5.78 Å². The highest BCUT2D eigenvalue weighted by atomic mass is 16.1. The van der Waals surface area contributed by atoms with E-state index < -0.39 is 0 Å². The Hall–Kier alpha value is -2.55. The van der Waals surface area contributed by atoms with E-state index in [2.05, 4.69) is 47.9 Å². The van der Waals surface area contributed by atoms with Crippen molar-refractivity contribution in [3.63, 3.8) is 0 Å². The second kappa shape index (κ2) is 7.14. The van der Waals surface area contributed by atoms with E-state index in [1.807, 2.05) is 38.2 Å². The summed E-state index contributed by atoms with van der Waals surface area (Å²) in [5.41, 5.74) is 5.15. The zero-order valence-electron chi connectivity index (χ0n) is 14.3. The molecule has 0 heterocycles. The maximum Gasteiger partial charge on any atom is 0.177 e. The molecule has 0 spiro atoms. The summed E-state index contributed by atoms with van der Waals surface area (Å²) in [7, 11) is 5.99. The van der Waals surface area contributed by atoms with E-state index in [0.29, 0.717) is 12.1 Å². The predicted molar refractivity (Wildman–Crippen MR) is 99.3 cm³/mol. The van der Waals surface area contributed by atoms with E-state index in [1.54, 1.807) is 6.92 Å². The molecule has 2 rings (SSSR count). The van der Waals surface area contributed by atoms with Crippen LogP contribution >= 0.6 is 0 Å². The Morgan fingerprint density at radius 1 is 0.870 bits per heavy atom. The fraction of sp³-hybridized carbons (Fsp3) is 0.250. The molecule has 0 aliphatic rings. The molecule has 0 aliphatic heterocycles. The number of rotatable bonds is 6. The van der Waals surface area contributed by atoms with Crippen molar-refractivity contribution in [1.82, 2.24) is 0 Å². The summed E-state index contributed by atoms with van der Waals surface area (Å²) in [4.78, 5) is 15.8. The largest absolute Gasteiger partial charge is 0.378 e. The molecule has 0 bridgehead atoms. The first-order valence-corrected chi connectivity index (χ1v) is 7.66. The maximum absolute atomic E-state index is 11.8. The number of likely N-dealkylation sites (N-methyl/N-ethyl adjacent to an activating group) is 1. The minimum absolute atomic E-state index is 0.0656. The van der Waals surface area contributed by atoms with Gasteiger partial charge < -0.3 is 9.80 Å². The molecule has 0 saturated carbocycles. The Kier molecular flexibility index (Phi) is 5.22. The van der Waals surface area contributed by atoms with E-state index >= 15 is 0 Å². The van der Waals surface area contributed by atoms with Gasteiger partial charge in [-0.1, -0.05) is 30.8 Å². The predicted octanol–water partition coefficient (Wildman–Crippen LogP) is 4.00. The lowest BCUT2D eigenvalue weighted by atomic mass is 10.0. The van der Waals surface area contributed by atoms with Gasteiger partial charge in [-0.05, 0) is 47.9 Å². The van der Waals surface area contributed by atoms with Gasteiger partial charge >= 0.3 is 0 Å². The van der Waals surface area contributed by atoms with Crippen LogP contribution in [-0.2, 0) is 4.79 Å². The van der Waals surface area contributed by atoms with Gasteiger partial charge in [0.1, 0.15) is 0 Å². The molecule has 0 radical (unpaired) electrons. The first kappa shape index (κ1) is 16.8. The highest BCUT2D eigenvalue weighted by Gasteiger charge is 2.08. The Morgan fingerprint density at radius 2 is 1.30 bits per heavy atom. The quantitative estimate of drug-likeness (QED) is 0.754. The summed E-state index contributed by atoms with van der Waals surface area (Å²) in [5, 5.41) is 0. The number of Topliss-reactive ketones (excluding diaryl/α,β-unsaturated/α-hetero) is 1. The Bertz CT molecular complexity index is 685. The number of hydrogen-bond acceptors (Lipinski definition) is 3. The van der Waals surface area contributed by atoms with Crippen LogP contribution in [0.1, 0.15) is 6.92 Å². The van der Waals surface area contributed by atoms with Crippen molar-refractivity contribution in [3.05, 3.63) is 60.7 Å². The number of carbonyl (C=O) groups is 1. The zero-order chi connectivity index (χ0) is 17.0. The first-order valence-electron chi connectivity index (χ1n) is 7.66. The van der Waals surface area contributed by atoms with Crippen molar-refractivity contribution >= 4 is 17.2 Å². The maximum atomic E-state index is 11.8. The number of anilines is 2. The van der Waals surface area contributed by atoms with E-state index in [9.17, 15) is 4.79 Å². The zero-order valence-corrected chi connectivity index (χ0v) is 14.3. The van der Waals surface area contributed by atoms with Crippen LogP contribution in [0.2, 0.25) is 0 Å². The molecule has 2 aromatic rings. The van der Waals surface area contributed by atoms with Crippen molar-refractivity contribution in [1.29, 1.82) is 0 Å². The van der Waals surface area contributed by atoms with Gasteiger partial charge in [-0.25, -0.2) is 0 Å². The lowest BCUT2D eigenvalue weighted by molar-refractivity contribution is -0.114. The molecule has 0 fully saturated rings. The highest BCUT2D eigenvalue weighted by molar-refractivity contribution is 5.97. The van der Waals surface area contributed by atoms with E-state index in [-0.39, 0.29) is 5.78 Å². The van der Waals surface area contributed by atoms with Crippen LogP contribution in [0.3, 0.4) is 0 Å². The molecule has 120 valence electrons. The molecular formula is C20H24N2O. The SMILES string of the molecule is C=C(C)C(=O)CN(C)c1ccc(-c2ccc(N(C)C)cc2)cc1. The van der Waals surface area contributed by atoms with E-state index in [4.69, 9.17) is 0 Å². The van der Waals surface area contributed by atoms with Gasteiger partial charge in [-0.3, -0.25) is 4.79 Å². The fourth-order valence-electron chi connectivity index (χ4n) is 2.30. The molecule has 0 aromatic heterocycles. The van der Waals surface area contributed by atoms with Gasteiger partial charge in [0.2, 0.25) is 0 Å². The molecule has 0 N–H and O–H groups in total. The number of nitrogens with zero attached hydrogens (tertiary/aromatic N) is 2. The van der Waals surface area contributed by atoms with Crippen molar-refractivity contribution in [2.45, 2.75) is 6.92 Å². The molecular weight excluding hydrogens is 284 g/mol. The second-order valence-electron chi connectivity index (χ2n) is 6.05. The van der Waals surface area contributed by atoms with Crippen LogP contribution in [0.15, 0.2) is 60.7 Å². The summed E-state index contributed by atoms with van der Waals surface area (Å²) in [6, 6.07) is 16.7. The summed E-state index contributed by atoms with van der Waals surface area (Å²) >= 11 is 0. The van der Waals surface area contributed by atoms with Crippen LogP contribution in [0.4, 0.5) is 11.4 Å². The smallest absolute Gasteiger partial charge is 0.177 e. The van der Waals surface area contributed by atoms with Gasteiger partial charge in [-0.15, -0.1) is 0 Å². The lowest BCUT2D eigenvalue weighted by Crippen LogP contribution is -2.25. The van der Waals surface area contributed by atoms with Crippen LogP contribution in [0.5, 0.6) is 0 Å². The number of carbonyl (C=O) groups excluding carboxylic acids is 1. The van der Waals surface area contributed by atoms with Crippen molar-refractivity contribution in [3.8, 4) is 11.1 Å². The molecule has 3 nitrogen and oxygen atoms in total. The monoisotopic (exact) mass is 308 g/mol. The normalized spacial score (nSPS) is 10.3. The van der Waals surface area contributed by atoms with Crippen molar-refractivity contribution in [2.24, 2.45) is 0 Å². The number of ketones is 1. The third kappa shape index (κ3) is 4.22. The minimum atomic E-state index is 0.0656. The molecule has 0 amide bonds. The molecule has 2 aromatic carbocycles. The van der Waals surface area contributed by atoms with E-state index in [0.717, 1.165) is 5.69 Å². The summed E-state index contributed by atoms with van der Waals surface area (Å²) in [6.07, 6.45) is 0. The first-order chi connectivity index (χ1) is 10.9. The summed E-state index contributed by atoms with van der Waals surface area (Å²) < 4.78 is 0. The molecule has 3 heteroatoms. The molecule has 0 saturated heterocycles. The van der Waals surface area contributed by atoms with Gasteiger partial charge in [0, 0.05) is 32.5 Å². The third-order valence-corrected chi connectivity index (χ3v) is 3.88. The summed E-state index contributed by atoms with van der Waals surface area (Å²) in [5.74, 6) is 0.0656. The minimum Gasteiger partial charge on any atom is -0.378 e. The molecule has 0 unspecified atom stereocenters. The second-order valence-corrected chi connectivity index (χ2v) is 6.05. The Labute approximate surface area is 138 Å². The van der Waals surface area contributed by atoms with E-state index in [1.165, 1.54) is 16.8 Å².